The van der Waals surface area contributed by atoms with Crippen molar-refractivity contribution < 1.29 is 47.5 Å². The highest BCUT2D eigenvalue weighted by Gasteiger charge is 2.42. The Balaban J connectivity index is 4.16. The number of hydrogen-bond donors (Lipinski definition) is 0. The van der Waals surface area contributed by atoms with Crippen LogP contribution in [0.3, 0.4) is 0 Å². The van der Waals surface area contributed by atoms with Gasteiger partial charge in [-0.05, 0) is 12.8 Å². The van der Waals surface area contributed by atoms with Gasteiger partial charge in [-0.15, -0.1) is 0 Å². The van der Waals surface area contributed by atoms with Gasteiger partial charge in [0.1, 0.15) is 0 Å². The first-order valence-electron chi connectivity index (χ1n) is 15.4. The molecule has 0 fully saturated rings. The molecule has 40 heavy (non-hydrogen) atoms. The summed E-state index contributed by atoms with van der Waals surface area (Å²) in [5, 5.41) is 32.7. The van der Waals surface area contributed by atoms with Crippen LogP contribution in [0.5, 0.6) is 0 Å². The summed E-state index contributed by atoms with van der Waals surface area (Å²) in [6, 6.07) is 0.0570. The molecule has 0 bridgehead atoms. The van der Waals surface area contributed by atoms with Gasteiger partial charge in [0, 0.05) is 12.5 Å². The Morgan fingerprint density at radius 1 is 0.525 bits per heavy atom. The molecule has 0 atom stereocenters. The molecule has 0 aliphatic rings. The maximum Gasteiger partial charge on any atom is 0.502 e. The molecule has 0 aromatic carbocycles. The molecule has 0 saturated carbocycles. The Hall–Kier alpha value is -1.53. The monoisotopic (exact) mass is 589 g/mol. The molecule has 0 saturated heterocycles. The van der Waals surface area contributed by atoms with Crippen LogP contribution in [-0.2, 0) is 27.7 Å². The fourth-order valence-corrected chi connectivity index (χ4v) is 7.06. The number of nitrogens with zero attached hydrogens (tertiary/aromatic N) is 1. The van der Waals surface area contributed by atoms with E-state index in [4.69, 9.17) is 13.3 Å². The third-order valence-electron chi connectivity index (χ3n) is 7.09. The average molecular weight is 590 g/mol. The Bertz CT molecular complexity index is 630. The van der Waals surface area contributed by atoms with E-state index in [0.717, 1.165) is 19.4 Å². The fraction of sp³-hybridized carbons (Fsp3) is 0.897. The van der Waals surface area contributed by atoms with Gasteiger partial charge in [0.2, 0.25) is 0 Å². The van der Waals surface area contributed by atoms with Crippen LogP contribution in [0, 0.1) is 0 Å². The maximum atomic E-state index is 10.9. The molecule has 0 aromatic rings. The minimum atomic E-state index is -3.93. The summed E-state index contributed by atoms with van der Waals surface area (Å²) in [7, 11) is 0.235. The molecule has 0 aromatic heterocycles. The van der Waals surface area contributed by atoms with Gasteiger partial charge >= 0.3 is 8.80 Å². The molecule has 0 unspecified atom stereocenters. The van der Waals surface area contributed by atoms with E-state index in [1.54, 1.807) is 0 Å². The van der Waals surface area contributed by atoms with Crippen LogP contribution in [0.4, 0.5) is 0 Å². The summed E-state index contributed by atoms with van der Waals surface area (Å²) >= 11 is 0. The first-order valence-corrected chi connectivity index (χ1v) is 17.3. The molecular formula is C29H55NO9Si-2. The van der Waals surface area contributed by atoms with Gasteiger partial charge in [-0.3, -0.25) is 0 Å². The Morgan fingerprint density at radius 3 is 1.15 bits per heavy atom. The van der Waals surface area contributed by atoms with Crippen molar-refractivity contribution in [2.24, 2.45) is 0 Å². The number of quaternary nitrogens is 1. The van der Waals surface area contributed by atoms with Gasteiger partial charge in [-0.1, -0.05) is 96.8 Å². The molecule has 11 heteroatoms. The third kappa shape index (κ3) is 24.3. The summed E-state index contributed by atoms with van der Waals surface area (Å²) < 4.78 is 16.4. The molecule has 0 N–H and O–H groups in total. The van der Waals surface area contributed by atoms with E-state index in [9.17, 15) is 29.7 Å². The van der Waals surface area contributed by atoms with Gasteiger partial charge in [0.25, 0.3) is 0 Å². The normalized spacial score (nSPS) is 12.1. The Kier molecular flexibility index (Phi) is 23.2. The minimum absolute atomic E-state index is 0.0570. The Morgan fingerprint density at radius 2 is 0.825 bits per heavy atom. The van der Waals surface area contributed by atoms with E-state index < -0.39 is 46.5 Å². The molecule has 236 valence electrons. The summed E-state index contributed by atoms with van der Waals surface area (Å²) in [5.74, 6) is -4.65. The number of carboxylic acid groups (broad SMARTS) is 3. The van der Waals surface area contributed by atoms with E-state index in [2.05, 4.69) is 21.0 Å². The van der Waals surface area contributed by atoms with E-state index in [-0.39, 0.29) is 6.04 Å². The predicted molar refractivity (Wildman–Crippen MR) is 149 cm³/mol. The second-order valence-corrected chi connectivity index (χ2v) is 14.2. The number of hydrogen-bond acceptors (Lipinski definition) is 9. The lowest BCUT2D eigenvalue weighted by Gasteiger charge is -2.33. The van der Waals surface area contributed by atoms with Gasteiger partial charge < -0.3 is 47.5 Å². The van der Waals surface area contributed by atoms with Crippen LogP contribution < -0.4 is 15.3 Å². The van der Waals surface area contributed by atoms with E-state index in [1.165, 1.54) is 89.9 Å². The van der Waals surface area contributed by atoms with Crippen molar-refractivity contribution in [3.05, 3.63) is 0 Å². The fourth-order valence-electron chi connectivity index (χ4n) is 4.77. The number of aliphatic carboxylic acids is 3. The number of unbranched alkanes of at least 4 members (excludes halogenated alkanes) is 15. The van der Waals surface area contributed by atoms with E-state index >= 15 is 0 Å². The van der Waals surface area contributed by atoms with Crippen LogP contribution in [0.25, 0.3) is 0 Å². The summed E-state index contributed by atoms with van der Waals surface area (Å²) in [4.78, 5) is 32.7. The lowest BCUT2D eigenvalue weighted by Crippen LogP contribution is -2.52. The largest absolute Gasteiger partial charge is 0.548 e. The van der Waals surface area contributed by atoms with Crippen LogP contribution in [0.15, 0.2) is 0 Å². The van der Waals surface area contributed by atoms with Crippen LogP contribution >= 0.6 is 0 Å². The summed E-state index contributed by atoms with van der Waals surface area (Å²) in [6.07, 6.45) is 21.6. The average Bonchev–Trinajstić information content (AvgIpc) is 2.88. The van der Waals surface area contributed by atoms with Crippen molar-refractivity contribution >= 4 is 26.7 Å². The van der Waals surface area contributed by atoms with Crippen molar-refractivity contribution in [1.29, 1.82) is 0 Å². The molecule has 10 nitrogen and oxygen atoms in total. The van der Waals surface area contributed by atoms with Crippen molar-refractivity contribution in [1.82, 2.24) is 0 Å². The van der Waals surface area contributed by atoms with Gasteiger partial charge in [0.15, 0.2) is 0 Å². The maximum absolute atomic E-state index is 10.9. The third-order valence-corrected chi connectivity index (χ3v) is 9.81. The number of carboxylic acids is 3. The molecule has 0 aliphatic heterocycles. The van der Waals surface area contributed by atoms with Crippen LogP contribution in [0.1, 0.15) is 116 Å². The van der Waals surface area contributed by atoms with Crippen molar-refractivity contribution in [2.75, 3.05) is 47.0 Å². The number of rotatable bonds is 30. The van der Waals surface area contributed by atoms with Gasteiger partial charge in [-0.2, -0.15) is 0 Å². The van der Waals surface area contributed by atoms with E-state index in [1.807, 2.05) is 0 Å². The lowest BCUT2D eigenvalue weighted by atomic mass is 10.0. The molecule has 0 spiro atoms. The summed E-state index contributed by atoms with van der Waals surface area (Å²) in [5.41, 5.74) is 0. The zero-order chi connectivity index (χ0) is 30.1. The molecule has 0 rings (SSSR count). The smallest absolute Gasteiger partial charge is 0.502 e. The van der Waals surface area contributed by atoms with Gasteiger partial charge in [-0.25, -0.2) is 0 Å². The highest BCUT2D eigenvalue weighted by molar-refractivity contribution is 6.61. The second kappa shape index (κ2) is 24.1. The molecule has 0 radical (unpaired) electrons. The SMILES string of the molecule is CCCCCCCCCCCCCCCCCC[N+](C)(C)CCC[Si](OCC(=O)[O-])(OCC(=O)[O-])OCC(=O)[O-]. The first kappa shape index (κ1) is 38.5. The molecule has 0 heterocycles. The first-order chi connectivity index (χ1) is 19.0. The van der Waals surface area contributed by atoms with Crippen molar-refractivity contribution in [3.8, 4) is 0 Å². The predicted octanol–water partition coefficient (Wildman–Crippen LogP) is 1.95. The molecular weight excluding hydrogens is 534 g/mol. The highest BCUT2D eigenvalue weighted by atomic mass is 28.4. The topological polar surface area (TPSA) is 148 Å². The number of carbonyl (C=O) groups excluding carboxylic acids is 3. The minimum Gasteiger partial charge on any atom is -0.548 e. The zero-order valence-electron chi connectivity index (χ0n) is 25.4. The zero-order valence-corrected chi connectivity index (χ0v) is 26.4. The Labute approximate surface area is 243 Å². The quantitative estimate of drug-likeness (QED) is 0.0696. The van der Waals surface area contributed by atoms with Crippen molar-refractivity contribution in [3.63, 3.8) is 0 Å². The highest BCUT2D eigenvalue weighted by Crippen LogP contribution is 2.20. The van der Waals surface area contributed by atoms with E-state index in [0.29, 0.717) is 17.4 Å². The van der Waals surface area contributed by atoms with Gasteiger partial charge in [0.05, 0.1) is 64.9 Å². The standard InChI is InChI=1S/C29H57NO9Si/c1-4-5-6-7-8-9-10-11-12-13-14-15-16-17-18-19-21-30(2,3)22-20-23-40(37-24-27(31)32,38-25-28(33)34)39-26-29(35)36/h4-26H2,1-3H3,(H2-,31,32,33,34,35,36)/p-2. The van der Waals surface area contributed by atoms with Crippen LogP contribution in [0.2, 0.25) is 6.04 Å². The van der Waals surface area contributed by atoms with Crippen molar-refractivity contribution in [2.45, 2.75) is 122 Å². The summed E-state index contributed by atoms with van der Waals surface area (Å²) in [6.45, 7) is 1.18. The lowest BCUT2D eigenvalue weighted by molar-refractivity contribution is -0.890. The molecule has 0 amide bonds. The van der Waals surface area contributed by atoms with Crippen LogP contribution in [-0.4, -0.2) is 78.2 Å². The number of carbonyl (C=O) groups is 3. The second-order valence-electron chi connectivity index (χ2n) is 11.5. The molecule has 0 aliphatic carbocycles.